The lowest BCUT2D eigenvalue weighted by Crippen LogP contribution is -1.97. The molecule has 0 aromatic heterocycles. The van der Waals surface area contributed by atoms with Gasteiger partial charge in [0.25, 0.3) is 0 Å². The van der Waals surface area contributed by atoms with E-state index in [1.165, 1.54) is 13.2 Å². The summed E-state index contributed by atoms with van der Waals surface area (Å²) >= 11 is 0. The van der Waals surface area contributed by atoms with Gasteiger partial charge in [-0.2, -0.15) is 0 Å². The van der Waals surface area contributed by atoms with Gasteiger partial charge < -0.3 is 4.74 Å². The number of esters is 1. The Morgan fingerprint density at radius 2 is 2.14 bits per heavy atom. The summed E-state index contributed by atoms with van der Waals surface area (Å²) in [7, 11) is 1.38. The minimum atomic E-state index is -0.294. The number of ether oxygens (including phenoxy) is 1. The Bertz CT molecular complexity index is 237. The lowest BCUT2D eigenvalue weighted by Gasteiger charge is -2.05. The van der Waals surface area contributed by atoms with Crippen LogP contribution in [0.2, 0.25) is 0 Å². The number of carbonyl (C=O) groups excluding carboxylic acids is 1. The molecule has 0 radical (unpaired) electrons. The van der Waals surface area contributed by atoms with E-state index in [-0.39, 0.29) is 5.97 Å². The van der Waals surface area contributed by atoms with Gasteiger partial charge in [0.05, 0.1) is 7.11 Å². The van der Waals surface area contributed by atoms with Crippen molar-refractivity contribution in [1.82, 2.24) is 0 Å². The Morgan fingerprint density at radius 3 is 2.64 bits per heavy atom. The first-order valence-electron chi connectivity index (χ1n) is 4.92. The summed E-state index contributed by atoms with van der Waals surface area (Å²) in [4.78, 5) is 10.7. The molecule has 0 saturated carbocycles. The molecular weight excluding hydrogens is 176 g/mol. The monoisotopic (exact) mass is 194 g/mol. The van der Waals surface area contributed by atoms with E-state index < -0.39 is 0 Å². The van der Waals surface area contributed by atoms with E-state index >= 15 is 0 Å². The summed E-state index contributed by atoms with van der Waals surface area (Å²) in [5.74, 6) is 0.0482. The molecule has 0 aliphatic heterocycles. The van der Waals surface area contributed by atoms with Crippen LogP contribution in [-0.4, -0.2) is 13.1 Å². The molecule has 0 spiro atoms. The van der Waals surface area contributed by atoms with E-state index in [9.17, 15) is 4.79 Å². The molecule has 0 bridgehead atoms. The fourth-order valence-electron chi connectivity index (χ4n) is 1.01. The lowest BCUT2D eigenvalue weighted by atomic mass is 10.0. The molecule has 1 atom stereocenters. The van der Waals surface area contributed by atoms with Gasteiger partial charge in [-0.1, -0.05) is 44.2 Å². The van der Waals surface area contributed by atoms with Gasteiger partial charge in [-0.05, 0) is 12.3 Å². The Labute approximate surface area is 86.0 Å². The first-order chi connectivity index (χ1) is 6.83. The molecule has 1 aliphatic carbocycles. The Balaban J connectivity index is 0.000000791. The molecule has 0 saturated heterocycles. The molecule has 0 N–H and O–H groups in total. The number of rotatable bonds is 2. The van der Waals surface area contributed by atoms with Gasteiger partial charge in [0.15, 0.2) is 0 Å². The standard InChI is InChI=1S/C10H12O2.C2H6/c1-12-10(11)8-7-9-5-3-2-4-6-9;1-2/h2-5,7-9H,6H2,1H3;1-2H3/b8-7+;. The van der Waals surface area contributed by atoms with E-state index in [1.54, 1.807) is 0 Å². The van der Waals surface area contributed by atoms with Crippen molar-refractivity contribution in [1.29, 1.82) is 0 Å². The minimum absolute atomic E-state index is 0.294. The largest absolute Gasteiger partial charge is 0.466 e. The Kier molecular flexibility index (Phi) is 7.52. The molecule has 1 aliphatic rings. The van der Waals surface area contributed by atoms with Gasteiger partial charge in [-0.15, -0.1) is 0 Å². The summed E-state index contributed by atoms with van der Waals surface area (Å²) in [6.45, 7) is 4.00. The molecule has 0 amide bonds. The van der Waals surface area contributed by atoms with Crippen LogP contribution in [0.5, 0.6) is 0 Å². The van der Waals surface area contributed by atoms with E-state index in [0.717, 1.165) is 6.42 Å². The lowest BCUT2D eigenvalue weighted by molar-refractivity contribution is -0.134. The first kappa shape index (κ1) is 12.7. The number of carbonyl (C=O) groups is 1. The molecule has 0 aromatic rings. The molecule has 0 heterocycles. The minimum Gasteiger partial charge on any atom is -0.466 e. The van der Waals surface area contributed by atoms with Crippen LogP contribution < -0.4 is 0 Å². The highest BCUT2D eigenvalue weighted by atomic mass is 16.5. The Hall–Kier alpha value is -1.31. The highest BCUT2D eigenvalue weighted by Crippen LogP contribution is 2.12. The van der Waals surface area contributed by atoms with Crippen molar-refractivity contribution in [3.8, 4) is 0 Å². The fraction of sp³-hybridized carbons (Fsp3) is 0.417. The van der Waals surface area contributed by atoms with Crippen LogP contribution >= 0.6 is 0 Å². The third-order valence-electron chi connectivity index (χ3n) is 1.69. The van der Waals surface area contributed by atoms with Crippen LogP contribution in [0.1, 0.15) is 20.3 Å². The molecule has 2 nitrogen and oxygen atoms in total. The Morgan fingerprint density at radius 1 is 1.43 bits per heavy atom. The van der Waals surface area contributed by atoms with Gasteiger partial charge in [-0.25, -0.2) is 4.79 Å². The number of hydrogen-bond donors (Lipinski definition) is 0. The zero-order valence-electron chi connectivity index (χ0n) is 9.07. The summed E-state index contributed by atoms with van der Waals surface area (Å²) in [6.07, 6.45) is 12.4. The topological polar surface area (TPSA) is 26.3 Å². The van der Waals surface area contributed by atoms with E-state index in [2.05, 4.69) is 16.9 Å². The molecule has 0 aromatic carbocycles. The molecule has 1 rings (SSSR count). The summed E-state index contributed by atoms with van der Waals surface area (Å²) in [6, 6.07) is 0. The van der Waals surface area contributed by atoms with Crippen molar-refractivity contribution >= 4 is 5.97 Å². The molecule has 0 fully saturated rings. The summed E-state index contributed by atoms with van der Waals surface area (Å²) in [5.41, 5.74) is 0. The van der Waals surface area contributed by atoms with Crippen LogP contribution in [0.3, 0.4) is 0 Å². The molecule has 14 heavy (non-hydrogen) atoms. The fourth-order valence-corrected chi connectivity index (χ4v) is 1.01. The third-order valence-corrected chi connectivity index (χ3v) is 1.69. The van der Waals surface area contributed by atoms with Crippen molar-refractivity contribution in [3.05, 3.63) is 36.5 Å². The second-order valence-corrected chi connectivity index (χ2v) is 2.59. The summed E-state index contributed by atoms with van der Waals surface area (Å²) < 4.78 is 4.47. The smallest absolute Gasteiger partial charge is 0.330 e. The average Bonchev–Trinajstić information content (AvgIpc) is 2.30. The molecular formula is C12H18O2. The van der Waals surface area contributed by atoms with E-state index in [4.69, 9.17) is 0 Å². The SMILES string of the molecule is CC.COC(=O)/C=C/C1C=CC=CC1. The molecule has 2 heteroatoms. The predicted molar refractivity (Wildman–Crippen MR) is 58.9 cm³/mol. The first-order valence-corrected chi connectivity index (χ1v) is 4.92. The van der Waals surface area contributed by atoms with Crippen LogP contribution in [-0.2, 0) is 9.53 Å². The highest BCUT2D eigenvalue weighted by molar-refractivity contribution is 5.81. The van der Waals surface area contributed by atoms with Gasteiger partial charge >= 0.3 is 5.97 Å². The maximum atomic E-state index is 10.7. The van der Waals surface area contributed by atoms with Crippen molar-refractivity contribution < 1.29 is 9.53 Å². The van der Waals surface area contributed by atoms with Crippen LogP contribution in [0.25, 0.3) is 0 Å². The predicted octanol–water partition coefficient (Wildman–Crippen LogP) is 2.87. The van der Waals surface area contributed by atoms with Gasteiger partial charge in [-0.3, -0.25) is 0 Å². The van der Waals surface area contributed by atoms with Crippen molar-refractivity contribution in [2.24, 2.45) is 5.92 Å². The van der Waals surface area contributed by atoms with Gasteiger partial charge in [0, 0.05) is 6.08 Å². The van der Waals surface area contributed by atoms with Gasteiger partial charge in [0.2, 0.25) is 0 Å². The zero-order valence-corrected chi connectivity index (χ0v) is 9.07. The van der Waals surface area contributed by atoms with Gasteiger partial charge in [0.1, 0.15) is 0 Å². The third kappa shape index (κ3) is 5.36. The van der Waals surface area contributed by atoms with Crippen LogP contribution in [0.15, 0.2) is 36.5 Å². The zero-order chi connectivity index (χ0) is 10.8. The normalized spacial score (nSPS) is 18.9. The van der Waals surface area contributed by atoms with Crippen molar-refractivity contribution in [2.75, 3.05) is 7.11 Å². The van der Waals surface area contributed by atoms with Crippen LogP contribution in [0, 0.1) is 5.92 Å². The van der Waals surface area contributed by atoms with Crippen LogP contribution in [0.4, 0.5) is 0 Å². The second-order valence-electron chi connectivity index (χ2n) is 2.59. The highest BCUT2D eigenvalue weighted by Gasteiger charge is 2.00. The summed E-state index contributed by atoms with van der Waals surface area (Å²) in [5, 5.41) is 0. The van der Waals surface area contributed by atoms with E-state index in [0.29, 0.717) is 5.92 Å². The number of hydrogen-bond acceptors (Lipinski definition) is 2. The quantitative estimate of drug-likeness (QED) is 0.499. The number of methoxy groups -OCH3 is 1. The maximum Gasteiger partial charge on any atom is 0.330 e. The molecule has 78 valence electrons. The second kappa shape index (κ2) is 8.30. The van der Waals surface area contributed by atoms with Crippen molar-refractivity contribution in [3.63, 3.8) is 0 Å². The molecule has 1 unspecified atom stereocenters. The number of allylic oxidation sites excluding steroid dienone is 5. The maximum absolute atomic E-state index is 10.7. The average molecular weight is 194 g/mol. The van der Waals surface area contributed by atoms with E-state index in [1.807, 2.05) is 32.1 Å². The van der Waals surface area contributed by atoms with Crippen molar-refractivity contribution in [2.45, 2.75) is 20.3 Å².